The van der Waals surface area contributed by atoms with E-state index in [1.54, 1.807) is 13.3 Å². The number of nitrogens with zero attached hydrogens (tertiary/aromatic N) is 1. The van der Waals surface area contributed by atoms with Crippen LogP contribution in [0.15, 0.2) is 18.3 Å². The van der Waals surface area contributed by atoms with Crippen LogP contribution in [0.4, 0.5) is 0 Å². The predicted octanol–water partition coefficient (Wildman–Crippen LogP) is 1.51. The van der Waals surface area contributed by atoms with E-state index in [4.69, 9.17) is 10.5 Å². The molecule has 3 nitrogen and oxygen atoms in total. The molecule has 0 amide bonds. The first-order chi connectivity index (χ1) is 6.72. The highest BCUT2D eigenvalue weighted by atomic mass is 16.5. The van der Waals surface area contributed by atoms with Gasteiger partial charge in [-0.2, -0.15) is 0 Å². The van der Waals surface area contributed by atoms with E-state index < -0.39 is 0 Å². The summed E-state index contributed by atoms with van der Waals surface area (Å²) < 4.78 is 5.06. The monoisotopic (exact) mass is 192 g/mol. The van der Waals surface area contributed by atoms with Crippen molar-refractivity contribution in [2.75, 3.05) is 7.11 Å². The minimum absolute atomic E-state index is 0.135. The zero-order valence-corrected chi connectivity index (χ0v) is 8.49. The molecular formula is C11H16N2O. The molecule has 76 valence electrons. The van der Waals surface area contributed by atoms with E-state index in [-0.39, 0.29) is 5.54 Å². The van der Waals surface area contributed by atoms with Crippen molar-refractivity contribution in [2.24, 2.45) is 5.73 Å². The molecule has 0 aliphatic heterocycles. The Kier molecular flexibility index (Phi) is 2.42. The topological polar surface area (TPSA) is 48.1 Å². The SMILES string of the molecule is COc1cc(CCC2(N)CC2)ccn1. The van der Waals surface area contributed by atoms with Gasteiger partial charge >= 0.3 is 0 Å². The van der Waals surface area contributed by atoms with Gasteiger partial charge in [-0.25, -0.2) is 4.98 Å². The number of methoxy groups -OCH3 is 1. The number of aryl methyl sites for hydroxylation is 1. The fraction of sp³-hybridized carbons (Fsp3) is 0.545. The minimum atomic E-state index is 0.135. The van der Waals surface area contributed by atoms with Crippen LogP contribution in [-0.2, 0) is 6.42 Å². The van der Waals surface area contributed by atoms with Crippen LogP contribution in [0, 0.1) is 0 Å². The molecule has 0 atom stereocenters. The molecule has 2 N–H and O–H groups in total. The zero-order valence-electron chi connectivity index (χ0n) is 8.49. The van der Waals surface area contributed by atoms with E-state index in [0.717, 1.165) is 12.8 Å². The smallest absolute Gasteiger partial charge is 0.213 e. The molecule has 1 aromatic heterocycles. The molecule has 0 radical (unpaired) electrons. The Morgan fingerprint density at radius 3 is 3.00 bits per heavy atom. The molecular weight excluding hydrogens is 176 g/mol. The van der Waals surface area contributed by atoms with Gasteiger partial charge in [0.05, 0.1) is 7.11 Å². The van der Waals surface area contributed by atoms with Crippen LogP contribution < -0.4 is 10.5 Å². The van der Waals surface area contributed by atoms with Crippen molar-refractivity contribution < 1.29 is 4.74 Å². The first-order valence-corrected chi connectivity index (χ1v) is 5.00. The maximum absolute atomic E-state index is 6.02. The van der Waals surface area contributed by atoms with Crippen LogP contribution in [0.2, 0.25) is 0 Å². The molecule has 0 spiro atoms. The van der Waals surface area contributed by atoms with Gasteiger partial charge < -0.3 is 10.5 Å². The second kappa shape index (κ2) is 3.58. The molecule has 2 rings (SSSR count). The van der Waals surface area contributed by atoms with Crippen LogP contribution in [0.1, 0.15) is 24.8 Å². The van der Waals surface area contributed by atoms with E-state index in [9.17, 15) is 0 Å². The molecule has 0 bridgehead atoms. The fourth-order valence-corrected chi connectivity index (χ4v) is 1.52. The van der Waals surface area contributed by atoms with E-state index >= 15 is 0 Å². The van der Waals surface area contributed by atoms with Crippen molar-refractivity contribution in [2.45, 2.75) is 31.2 Å². The molecule has 1 saturated carbocycles. The number of hydrogen-bond acceptors (Lipinski definition) is 3. The van der Waals surface area contributed by atoms with Gasteiger partial charge in [0, 0.05) is 17.8 Å². The minimum Gasteiger partial charge on any atom is -0.481 e. The van der Waals surface area contributed by atoms with Crippen molar-refractivity contribution in [1.29, 1.82) is 0 Å². The summed E-state index contributed by atoms with van der Waals surface area (Å²) in [6.45, 7) is 0. The Balaban J connectivity index is 1.94. The summed E-state index contributed by atoms with van der Waals surface area (Å²) in [5.41, 5.74) is 7.41. The molecule has 0 unspecified atom stereocenters. The molecule has 0 aromatic carbocycles. The van der Waals surface area contributed by atoms with E-state index in [1.807, 2.05) is 12.1 Å². The highest BCUT2D eigenvalue weighted by Gasteiger charge is 2.37. The van der Waals surface area contributed by atoms with Gasteiger partial charge in [0.15, 0.2) is 0 Å². The lowest BCUT2D eigenvalue weighted by atomic mass is 10.1. The lowest BCUT2D eigenvalue weighted by Gasteiger charge is -2.08. The van der Waals surface area contributed by atoms with Crippen LogP contribution in [0.25, 0.3) is 0 Å². The van der Waals surface area contributed by atoms with Crippen molar-refractivity contribution in [3.8, 4) is 5.88 Å². The Morgan fingerprint density at radius 2 is 2.36 bits per heavy atom. The lowest BCUT2D eigenvalue weighted by Crippen LogP contribution is -2.22. The molecule has 3 heteroatoms. The number of pyridine rings is 1. The number of ether oxygens (including phenoxy) is 1. The van der Waals surface area contributed by atoms with E-state index in [2.05, 4.69) is 4.98 Å². The van der Waals surface area contributed by atoms with Crippen LogP contribution in [0.3, 0.4) is 0 Å². The molecule has 1 heterocycles. The number of nitrogens with two attached hydrogens (primary N) is 1. The maximum Gasteiger partial charge on any atom is 0.213 e. The Bertz CT molecular complexity index is 321. The number of rotatable bonds is 4. The Hall–Kier alpha value is -1.09. The van der Waals surface area contributed by atoms with Crippen molar-refractivity contribution >= 4 is 0 Å². The molecule has 1 aromatic rings. The summed E-state index contributed by atoms with van der Waals surface area (Å²) in [5.74, 6) is 0.685. The third kappa shape index (κ3) is 2.23. The van der Waals surface area contributed by atoms with Gasteiger partial charge in [0.1, 0.15) is 0 Å². The summed E-state index contributed by atoms with van der Waals surface area (Å²) in [6, 6.07) is 4.00. The fourth-order valence-electron chi connectivity index (χ4n) is 1.52. The van der Waals surface area contributed by atoms with Crippen LogP contribution >= 0.6 is 0 Å². The second-order valence-corrected chi connectivity index (χ2v) is 4.07. The summed E-state index contributed by atoms with van der Waals surface area (Å²) in [7, 11) is 1.64. The molecule has 1 fully saturated rings. The summed E-state index contributed by atoms with van der Waals surface area (Å²) in [6.07, 6.45) is 6.23. The standard InChI is InChI=1S/C11H16N2O/c1-14-10-8-9(3-7-13-10)2-4-11(12)5-6-11/h3,7-8H,2,4-6,12H2,1H3. The largest absolute Gasteiger partial charge is 0.481 e. The van der Waals surface area contributed by atoms with Crippen molar-refractivity contribution in [1.82, 2.24) is 4.98 Å². The summed E-state index contributed by atoms with van der Waals surface area (Å²) in [5, 5.41) is 0. The molecule has 14 heavy (non-hydrogen) atoms. The number of aromatic nitrogens is 1. The van der Waals surface area contributed by atoms with Crippen molar-refractivity contribution in [3.05, 3.63) is 23.9 Å². The highest BCUT2D eigenvalue weighted by Crippen LogP contribution is 2.36. The van der Waals surface area contributed by atoms with Crippen LogP contribution in [-0.4, -0.2) is 17.6 Å². The second-order valence-electron chi connectivity index (χ2n) is 4.07. The van der Waals surface area contributed by atoms with Gasteiger partial charge in [-0.1, -0.05) is 0 Å². The third-order valence-corrected chi connectivity index (χ3v) is 2.81. The van der Waals surface area contributed by atoms with Crippen molar-refractivity contribution in [3.63, 3.8) is 0 Å². The van der Waals surface area contributed by atoms with E-state index in [0.29, 0.717) is 5.88 Å². The van der Waals surface area contributed by atoms with Gasteiger partial charge in [0.25, 0.3) is 0 Å². The molecule has 1 aliphatic carbocycles. The Morgan fingerprint density at radius 1 is 1.57 bits per heavy atom. The average molecular weight is 192 g/mol. The van der Waals surface area contributed by atoms with Crippen LogP contribution in [0.5, 0.6) is 5.88 Å². The predicted molar refractivity (Wildman–Crippen MR) is 55.3 cm³/mol. The quantitative estimate of drug-likeness (QED) is 0.786. The molecule has 0 saturated heterocycles. The third-order valence-electron chi connectivity index (χ3n) is 2.81. The number of hydrogen-bond donors (Lipinski definition) is 1. The lowest BCUT2D eigenvalue weighted by molar-refractivity contribution is 0.397. The maximum atomic E-state index is 6.02. The first kappa shape index (κ1) is 9.46. The van der Waals surface area contributed by atoms with E-state index in [1.165, 1.54) is 18.4 Å². The molecule has 1 aliphatic rings. The van der Waals surface area contributed by atoms with Gasteiger partial charge in [-0.15, -0.1) is 0 Å². The average Bonchev–Trinajstić information content (AvgIpc) is 2.95. The van der Waals surface area contributed by atoms with Gasteiger partial charge in [-0.3, -0.25) is 0 Å². The summed E-state index contributed by atoms with van der Waals surface area (Å²) >= 11 is 0. The highest BCUT2D eigenvalue weighted by molar-refractivity contribution is 5.21. The zero-order chi connectivity index (χ0) is 10.0. The first-order valence-electron chi connectivity index (χ1n) is 5.00. The normalized spacial score (nSPS) is 17.9. The summed E-state index contributed by atoms with van der Waals surface area (Å²) in [4.78, 5) is 4.06. The Labute approximate surface area is 84.3 Å². The van der Waals surface area contributed by atoms with Gasteiger partial charge in [-0.05, 0) is 37.3 Å². The van der Waals surface area contributed by atoms with Gasteiger partial charge in [0.2, 0.25) is 5.88 Å².